The Bertz CT molecular complexity index is 421. The fourth-order valence-electron chi connectivity index (χ4n) is 3.25. The highest BCUT2D eigenvalue weighted by molar-refractivity contribution is 6.45. The zero-order valence-electron chi connectivity index (χ0n) is 13.2. The van der Waals surface area contributed by atoms with Crippen LogP contribution in [0.5, 0.6) is 0 Å². The lowest BCUT2D eigenvalue weighted by atomic mass is 9.83. The molecule has 0 aromatic heterocycles. The molecule has 1 fully saturated rings. The molecule has 0 aliphatic carbocycles. The molecule has 1 aliphatic rings. The van der Waals surface area contributed by atoms with Crippen molar-refractivity contribution in [3.05, 3.63) is 35.4 Å². The van der Waals surface area contributed by atoms with Crippen molar-refractivity contribution < 1.29 is 5.02 Å². The van der Waals surface area contributed by atoms with Gasteiger partial charge in [-0.25, -0.2) is 0 Å². The first-order valence-electron chi connectivity index (χ1n) is 7.77. The summed E-state index contributed by atoms with van der Waals surface area (Å²) in [5.41, 5.74) is 2.73. The number of hydrogen-bond acceptors (Lipinski definition) is 3. The van der Waals surface area contributed by atoms with Crippen LogP contribution >= 0.6 is 0 Å². The Balaban J connectivity index is 2.10. The van der Waals surface area contributed by atoms with Gasteiger partial charge in [-0.15, -0.1) is 0 Å². The number of hydrogen-bond donors (Lipinski definition) is 1. The minimum Gasteiger partial charge on any atom is -0.437 e. The van der Waals surface area contributed by atoms with E-state index in [1.807, 2.05) is 6.82 Å². The fraction of sp³-hybridized carbons (Fsp3) is 0.625. The second-order valence-corrected chi connectivity index (χ2v) is 6.05. The van der Waals surface area contributed by atoms with E-state index in [-0.39, 0.29) is 7.05 Å². The molecule has 0 unspecified atom stereocenters. The van der Waals surface area contributed by atoms with Gasteiger partial charge in [-0.2, -0.15) is 0 Å². The van der Waals surface area contributed by atoms with Crippen molar-refractivity contribution in [3.63, 3.8) is 0 Å². The maximum Gasteiger partial charge on any atom is 0.376 e. The van der Waals surface area contributed by atoms with Crippen LogP contribution in [0.15, 0.2) is 24.3 Å². The molecule has 0 saturated carbocycles. The van der Waals surface area contributed by atoms with E-state index in [0.717, 1.165) is 26.1 Å². The summed E-state index contributed by atoms with van der Waals surface area (Å²) in [4.78, 5) is 4.74. The summed E-state index contributed by atoms with van der Waals surface area (Å²) in [6, 6.07) is 9.89. The van der Waals surface area contributed by atoms with Crippen molar-refractivity contribution in [2.24, 2.45) is 0 Å². The molecule has 0 spiro atoms. The van der Waals surface area contributed by atoms with Gasteiger partial charge in [0.15, 0.2) is 0 Å². The molecule has 4 heteroatoms. The van der Waals surface area contributed by atoms with Crippen LogP contribution in [-0.4, -0.2) is 47.5 Å². The molecule has 20 heavy (non-hydrogen) atoms. The van der Waals surface area contributed by atoms with Crippen LogP contribution in [0.3, 0.4) is 0 Å². The van der Waals surface area contributed by atoms with Gasteiger partial charge < -0.3 is 9.83 Å². The molecule has 3 nitrogen and oxygen atoms in total. The molecule has 0 amide bonds. The van der Waals surface area contributed by atoms with E-state index in [4.69, 9.17) is 0 Å². The summed E-state index contributed by atoms with van der Waals surface area (Å²) in [5, 5.41) is 9.73. The van der Waals surface area contributed by atoms with Crippen LogP contribution in [0.4, 0.5) is 0 Å². The fourth-order valence-corrected chi connectivity index (χ4v) is 3.25. The third-order valence-electron chi connectivity index (χ3n) is 4.49. The summed E-state index contributed by atoms with van der Waals surface area (Å²) in [5.74, 6) is 0. The zero-order valence-corrected chi connectivity index (χ0v) is 13.2. The van der Waals surface area contributed by atoms with Gasteiger partial charge in [-0.3, -0.25) is 4.90 Å². The Hall–Kier alpha value is -0.835. The molecular weight excluding hydrogens is 247 g/mol. The SMILES string of the molecule is CC[C@@H](c1ccc(C)cc1)N1CCN(B(C)O)C[C@@H]1C. The highest BCUT2D eigenvalue weighted by atomic mass is 16.2. The maximum absolute atomic E-state index is 9.73. The molecule has 1 aliphatic heterocycles. The lowest BCUT2D eigenvalue weighted by molar-refractivity contribution is 0.0735. The average molecular weight is 274 g/mol. The van der Waals surface area contributed by atoms with Crippen molar-refractivity contribution in [3.8, 4) is 0 Å². The van der Waals surface area contributed by atoms with E-state index < -0.39 is 0 Å². The lowest BCUT2D eigenvalue weighted by Crippen LogP contribution is -2.56. The van der Waals surface area contributed by atoms with Crippen LogP contribution in [0.2, 0.25) is 6.82 Å². The van der Waals surface area contributed by atoms with E-state index in [1.165, 1.54) is 11.1 Å². The number of piperazine rings is 1. The standard InChI is InChI=1S/C16H27BN2O/c1-5-16(15-8-6-13(2)7-9-15)19-11-10-18(17(4)20)12-14(19)3/h6-9,14,16,20H,5,10-12H2,1-4H3/t14-,16-/m0/s1. The third-order valence-corrected chi connectivity index (χ3v) is 4.49. The largest absolute Gasteiger partial charge is 0.437 e. The number of benzene rings is 1. The molecule has 2 rings (SSSR count). The van der Waals surface area contributed by atoms with Gasteiger partial charge in [0.1, 0.15) is 0 Å². The van der Waals surface area contributed by atoms with E-state index in [0.29, 0.717) is 12.1 Å². The summed E-state index contributed by atoms with van der Waals surface area (Å²) in [6.45, 7) is 11.4. The predicted molar refractivity (Wildman–Crippen MR) is 85.8 cm³/mol. The van der Waals surface area contributed by atoms with Gasteiger partial charge in [0.2, 0.25) is 0 Å². The molecule has 0 radical (unpaired) electrons. The molecule has 1 aromatic carbocycles. The maximum atomic E-state index is 9.73. The summed E-state index contributed by atoms with van der Waals surface area (Å²) in [6.07, 6.45) is 1.13. The first-order chi connectivity index (χ1) is 9.52. The van der Waals surface area contributed by atoms with Crippen LogP contribution < -0.4 is 0 Å². The molecule has 110 valence electrons. The average Bonchev–Trinajstić information content (AvgIpc) is 2.43. The predicted octanol–water partition coefficient (Wildman–Crippen LogP) is 2.56. The summed E-state index contributed by atoms with van der Waals surface area (Å²) >= 11 is 0. The second-order valence-electron chi connectivity index (χ2n) is 6.05. The number of rotatable bonds is 4. The topological polar surface area (TPSA) is 26.7 Å². The quantitative estimate of drug-likeness (QED) is 0.855. The molecule has 0 bridgehead atoms. The lowest BCUT2D eigenvalue weighted by Gasteiger charge is -2.44. The third kappa shape index (κ3) is 3.43. The molecule has 2 atom stereocenters. The highest BCUT2D eigenvalue weighted by Gasteiger charge is 2.31. The minimum atomic E-state index is -0.334. The van der Waals surface area contributed by atoms with Crippen LogP contribution in [0.25, 0.3) is 0 Å². The molecular formula is C16H27BN2O. The first kappa shape index (κ1) is 15.6. The van der Waals surface area contributed by atoms with E-state index in [2.05, 4.69) is 54.7 Å². The van der Waals surface area contributed by atoms with Crippen molar-refractivity contribution in [1.29, 1.82) is 0 Å². The Morgan fingerprint density at radius 1 is 1.30 bits per heavy atom. The Labute approximate surface area is 123 Å². The van der Waals surface area contributed by atoms with Crippen LogP contribution in [0, 0.1) is 6.92 Å². The highest BCUT2D eigenvalue weighted by Crippen LogP contribution is 2.28. The summed E-state index contributed by atoms with van der Waals surface area (Å²) < 4.78 is 0. The first-order valence-corrected chi connectivity index (χ1v) is 7.77. The van der Waals surface area contributed by atoms with Crippen molar-refractivity contribution >= 4 is 7.05 Å². The van der Waals surface area contributed by atoms with Gasteiger partial charge in [0.25, 0.3) is 0 Å². The normalized spacial score (nSPS) is 22.8. The van der Waals surface area contributed by atoms with Gasteiger partial charge in [0, 0.05) is 31.7 Å². The van der Waals surface area contributed by atoms with E-state index in [1.54, 1.807) is 0 Å². The Morgan fingerprint density at radius 2 is 1.95 bits per heavy atom. The number of nitrogens with zero attached hydrogens (tertiary/aromatic N) is 2. The Morgan fingerprint density at radius 3 is 2.45 bits per heavy atom. The molecule has 1 aromatic rings. The van der Waals surface area contributed by atoms with Gasteiger partial charge in [-0.05, 0) is 32.7 Å². The monoisotopic (exact) mass is 274 g/mol. The molecule has 1 N–H and O–H groups in total. The van der Waals surface area contributed by atoms with Crippen LogP contribution in [0.1, 0.15) is 37.4 Å². The van der Waals surface area contributed by atoms with Crippen molar-refractivity contribution in [2.45, 2.75) is 46.1 Å². The smallest absolute Gasteiger partial charge is 0.376 e. The zero-order chi connectivity index (χ0) is 14.7. The van der Waals surface area contributed by atoms with Crippen molar-refractivity contribution in [2.75, 3.05) is 19.6 Å². The van der Waals surface area contributed by atoms with Gasteiger partial charge >= 0.3 is 7.05 Å². The van der Waals surface area contributed by atoms with Crippen LogP contribution in [-0.2, 0) is 0 Å². The summed E-state index contributed by atoms with van der Waals surface area (Å²) in [7, 11) is -0.334. The molecule has 1 heterocycles. The van der Waals surface area contributed by atoms with E-state index >= 15 is 0 Å². The minimum absolute atomic E-state index is 0.334. The second kappa shape index (κ2) is 6.75. The Kier molecular flexibility index (Phi) is 5.25. The van der Waals surface area contributed by atoms with E-state index in [9.17, 15) is 5.02 Å². The number of aryl methyl sites for hydroxylation is 1. The van der Waals surface area contributed by atoms with Gasteiger partial charge in [-0.1, -0.05) is 36.8 Å². The molecule has 1 saturated heterocycles. The van der Waals surface area contributed by atoms with Crippen molar-refractivity contribution in [1.82, 2.24) is 9.71 Å². The van der Waals surface area contributed by atoms with Gasteiger partial charge in [0.05, 0.1) is 0 Å².